The summed E-state index contributed by atoms with van der Waals surface area (Å²) < 4.78 is 23.6. The Balaban J connectivity index is 2.43. The fraction of sp³-hybridized carbons (Fsp3) is 0.133. The third kappa shape index (κ3) is 2.56. The van der Waals surface area contributed by atoms with E-state index in [9.17, 15) is 9.18 Å². The van der Waals surface area contributed by atoms with Crippen LogP contribution in [0.4, 0.5) is 10.1 Å². The molecule has 2 N–H and O–H groups in total. The maximum Gasteiger partial charge on any atom is 0.196 e. The molecular weight excluding hydrogens is 261 g/mol. The molecule has 5 heteroatoms. The normalized spacial score (nSPS) is 10.2. The standard InChI is InChI=1S/C15H14FNO3/c1-19-13-6-3-9(7-12(13)16)15(18)11-5-4-10(17)8-14(11)20-2/h3-8H,17H2,1-2H3. The van der Waals surface area contributed by atoms with Crippen LogP contribution in [0.15, 0.2) is 36.4 Å². The number of methoxy groups -OCH3 is 2. The Labute approximate surface area is 115 Å². The lowest BCUT2D eigenvalue weighted by atomic mass is 10.0. The van der Waals surface area contributed by atoms with Gasteiger partial charge in [-0.25, -0.2) is 4.39 Å². The van der Waals surface area contributed by atoms with Crippen LogP contribution in [0.5, 0.6) is 11.5 Å². The van der Waals surface area contributed by atoms with Gasteiger partial charge in [0.2, 0.25) is 0 Å². The first-order valence-corrected chi connectivity index (χ1v) is 5.88. The largest absolute Gasteiger partial charge is 0.496 e. The highest BCUT2D eigenvalue weighted by molar-refractivity contribution is 6.11. The Morgan fingerprint density at radius 1 is 1.05 bits per heavy atom. The lowest BCUT2D eigenvalue weighted by molar-refractivity contribution is 0.103. The number of carbonyl (C=O) groups excluding carboxylic acids is 1. The monoisotopic (exact) mass is 275 g/mol. The minimum Gasteiger partial charge on any atom is -0.496 e. The number of nitrogens with two attached hydrogens (primary N) is 1. The van der Waals surface area contributed by atoms with E-state index < -0.39 is 5.82 Å². The van der Waals surface area contributed by atoms with Crippen molar-refractivity contribution in [2.24, 2.45) is 0 Å². The summed E-state index contributed by atoms with van der Waals surface area (Å²) >= 11 is 0. The Morgan fingerprint density at radius 3 is 2.35 bits per heavy atom. The molecule has 0 saturated heterocycles. The van der Waals surface area contributed by atoms with E-state index in [1.54, 1.807) is 18.2 Å². The molecule has 104 valence electrons. The van der Waals surface area contributed by atoms with Gasteiger partial charge in [0.05, 0.1) is 19.8 Å². The van der Waals surface area contributed by atoms with Crippen LogP contribution in [0, 0.1) is 5.82 Å². The topological polar surface area (TPSA) is 61.5 Å². The van der Waals surface area contributed by atoms with Crippen LogP contribution in [0.1, 0.15) is 15.9 Å². The molecule has 20 heavy (non-hydrogen) atoms. The summed E-state index contributed by atoms with van der Waals surface area (Å²) in [6.45, 7) is 0. The molecule has 0 heterocycles. The molecule has 0 aliphatic rings. The van der Waals surface area contributed by atoms with Crippen LogP contribution in [0.25, 0.3) is 0 Å². The fourth-order valence-electron chi connectivity index (χ4n) is 1.86. The van der Waals surface area contributed by atoms with Crippen LogP contribution < -0.4 is 15.2 Å². The van der Waals surface area contributed by atoms with Gasteiger partial charge in [-0.3, -0.25) is 4.79 Å². The first-order valence-electron chi connectivity index (χ1n) is 5.88. The van der Waals surface area contributed by atoms with Crippen molar-refractivity contribution in [3.63, 3.8) is 0 Å². The first kappa shape index (κ1) is 13.9. The Morgan fingerprint density at radius 2 is 1.75 bits per heavy atom. The summed E-state index contributed by atoms with van der Waals surface area (Å²) in [5.74, 6) is -0.492. The maximum atomic E-state index is 13.6. The highest BCUT2D eigenvalue weighted by atomic mass is 19.1. The molecule has 0 bridgehead atoms. The van der Waals surface area contributed by atoms with Gasteiger partial charge in [-0.2, -0.15) is 0 Å². The molecule has 0 saturated carbocycles. The van der Waals surface area contributed by atoms with Crippen LogP contribution in [-0.2, 0) is 0 Å². The van der Waals surface area contributed by atoms with E-state index in [-0.39, 0.29) is 17.1 Å². The van der Waals surface area contributed by atoms with Crippen LogP contribution in [-0.4, -0.2) is 20.0 Å². The SMILES string of the molecule is COc1ccc(C(=O)c2ccc(N)cc2OC)cc1F. The molecule has 0 aliphatic carbocycles. The highest BCUT2D eigenvalue weighted by Gasteiger charge is 2.16. The van der Waals surface area contributed by atoms with Gasteiger partial charge >= 0.3 is 0 Å². The van der Waals surface area contributed by atoms with Crippen molar-refractivity contribution in [2.75, 3.05) is 20.0 Å². The number of carbonyl (C=O) groups is 1. The zero-order valence-corrected chi connectivity index (χ0v) is 11.1. The lowest BCUT2D eigenvalue weighted by Gasteiger charge is -2.09. The Hall–Kier alpha value is -2.56. The predicted octanol–water partition coefficient (Wildman–Crippen LogP) is 2.66. The van der Waals surface area contributed by atoms with Crippen LogP contribution >= 0.6 is 0 Å². The van der Waals surface area contributed by atoms with Gasteiger partial charge in [0, 0.05) is 17.3 Å². The summed E-state index contributed by atoms with van der Waals surface area (Å²) in [7, 11) is 2.81. The zero-order chi connectivity index (χ0) is 14.7. The third-order valence-electron chi connectivity index (χ3n) is 2.88. The molecule has 0 amide bonds. The number of hydrogen-bond acceptors (Lipinski definition) is 4. The summed E-state index contributed by atoms with van der Waals surface area (Å²) in [6, 6.07) is 8.74. The van der Waals surface area contributed by atoms with Crippen molar-refractivity contribution in [3.05, 3.63) is 53.3 Å². The van der Waals surface area contributed by atoms with E-state index in [0.29, 0.717) is 17.0 Å². The number of benzene rings is 2. The summed E-state index contributed by atoms with van der Waals surface area (Å²) in [5, 5.41) is 0. The minimum atomic E-state index is -0.590. The third-order valence-corrected chi connectivity index (χ3v) is 2.88. The number of hydrogen-bond donors (Lipinski definition) is 1. The van der Waals surface area contributed by atoms with Gasteiger partial charge in [-0.05, 0) is 30.3 Å². The number of rotatable bonds is 4. The van der Waals surface area contributed by atoms with Gasteiger partial charge in [0.1, 0.15) is 5.75 Å². The second kappa shape index (κ2) is 5.61. The van der Waals surface area contributed by atoms with Gasteiger partial charge < -0.3 is 15.2 Å². The quantitative estimate of drug-likeness (QED) is 0.688. The molecule has 4 nitrogen and oxygen atoms in total. The van der Waals surface area contributed by atoms with Gasteiger partial charge in [-0.15, -0.1) is 0 Å². The molecule has 0 aromatic heterocycles. The van der Waals surface area contributed by atoms with E-state index in [2.05, 4.69) is 0 Å². The lowest BCUT2D eigenvalue weighted by Crippen LogP contribution is -2.05. The molecule has 0 atom stereocenters. The molecule has 2 aromatic rings. The average Bonchev–Trinajstić information content (AvgIpc) is 2.46. The average molecular weight is 275 g/mol. The van der Waals surface area contributed by atoms with Crippen molar-refractivity contribution in [3.8, 4) is 11.5 Å². The Bertz CT molecular complexity index is 656. The van der Waals surface area contributed by atoms with Gasteiger partial charge in [-0.1, -0.05) is 0 Å². The smallest absolute Gasteiger partial charge is 0.196 e. The van der Waals surface area contributed by atoms with Crippen molar-refractivity contribution >= 4 is 11.5 Å². The van der Waals surface area contributed by atoms with Crippen LogP contribution in [0.3, 0.4) is 0 Å². The van der Waals surface area contributed by atoms with E-state index in [4.69, 9.17) is 15.2 Å². The predicted molar refractivity (Wildman–Crippen MR) is 73.8 cm³/mol. The van der Waals surface area contributed by atoms with Crippen LogP contribution in [0.2, 0.25) is 0 Å². The van der Waals surface area contributed by atoms with Gasteiger partial charge in [0.15, 0.2) is 17.3 Å². The first-order chi connectivity index (χ1) is 9.56. The van der Waals surface area contributed by atoms with E-state index >= 15 is 0 Å². The molecule has 0 aliphatic heterocycles. The summed E-state index contributed by atoms with van der Waals surface area (Å²) in [5.41, 5.74) is 6.66. The molecule has 0 fully saturated rings. The second-order valence-corrected chi connectivity index (χ2v) is 4.14. The Kier molecular flexibility index (Phi) is 3.89. The minimum absolute atomic E-state index is 0.0887. The highest BCUT2D eigenvalue weighted by Crippen LogP contribution is 2.26. The van der Waals surface area contributed by atoms with Crippen molar-refractivity contribution in [1.82, 2.24) is 0 Å². The molecule has 2 rings (SSSR count). The number of halogens is 1. The molecule has 2 aromatic carbocycles. The molecule has 0 radical (unpaired) electrons. The molecule has 0 spiro atoms. The fourth-order valence-corrected chi connectivity index (χ4v) is 1.86. The summed E-state index contributed by atoms with van der Waals surface area (Å²) in [6.07, 6.45) is 0. The van der Waals surface area contributed by atoms with Crippen molar-refractivity contribution in [2.45, 2.75) is 0 Å². The number of anilines is 1. The number of nitrogen functional groups attached to an aromatic ring is 1. The van der Waals surface area contributed by atoms with E-state index in [1.165, 1.54) is 26.4 Å². The zero-order valence-electron chi connectivity index (χ0n) is 11.1. The van der Waals surface area contributed by atoms with E-state index in [1.807, 2.05) is 0 Å². The summed E-state index contributed by atoms with van der Waals surface area (Å²) in [4.78, 5) is 12.4. The second-order valence-electron chi connectivity index (χ2n) is 4.14. The van der Waals surface area contributed by atoms with E-state index in [0.717, 1.165) is 6.07 Å². The van der Waals surface area contributed by atoms with Gasteiger partial charge in [0.25, 0.3) is 0 Å². The maximum absolute atomic E-state index is 13.6. The van der Waals surface area contributed by atoms with Crippen molar-refractivity contribution < 1.29 is 18.7 Å². The molecular formula is C15H14FNO3. The molecule has 0 unspecified atom stereocenters. The van der Waals surface area contributed by atoms with Crippen molar-refractivity contribution in [1.29, 1.82) is 0 Å². The number of ether oxygens (including phenoxy) is 2. The number of ketones is 1.